The summed E-state index contributed by atoms with van der Waals surface area (Å²) in [5.74, 6) is 0. The number of rotatable bonds is 13. The van der Waals surface area contributed by atoms with E-state index in [0.29, 0.717) is 0 Å². The first-order valence-corrected chi connectivity index (χ1v) is 9.74. The van der Waals surface area contributed by atoms with E-state index < -0.39 is 53.6 Å². The van der Waals surface area contributed by atoms with Crippen LogP contribution >= 0.6 is 0 Å². The second kappa shape index (κ2) is 12.4. The van der Waals surface area contributed by atoms with Crippen LogP contribution in [-0.4, -0.2) is 117 Å². The molecule has 0 aromatic carbocycles. The Morgan fingerprint density at radius 1 is 0.964 bits per heavy atom. The van der Waals surface area contributed by atoms with Crippen LogP contribution in [-0.2, 0) is 29.2 Å². The van der Waals surface area contributed by atoms with E-state index in [2.05, 4.69) is 0 Å². The Morgan fingerprint density at radius 3 is 2.18 bits per heavy atom. The third kappa shape index (κ3) is 8.91. The first-order valence-electron chi connectivity index (χ1n) is 8.26. The molecule has 0 aliphatic carbocycles. The zero-order chi connectivity index (χ0) is 21.2. The van der Waals surface area contributed by atoms with Crippen molar-refractivity contribution in [2.45, 2.75) is 30.7 Å². The molecule has 0 aromatic rings. The third-order valence-electron chi connectivity index (χ3n) is 3.49. The number of nitrogens with one attached hydrogen (secondary N) is 2. The van der Waals surface area contributed by atoms with Crippen molar-refractivity contribution in [2.75, 3.05) is 46.2 Å². The summed E-state index contributed by atoms with van der Waals surface area (Å²) in [6.45, 7) is -0.335. The normalized spacial score (nSPS) is 28.2. The molecule has 166 valence electrons. The van der Waals surface area contributed by atoms with Crippen LogP contribution < -0.4 is 9.44 Å². The largest absolute Gasteiger partial charge is 0.464 e. The molecular weight excluding hydrogens is 408 g/mol. The van der Waals surface area contributed by atoms with Gasteiger partial charge in [0.2, 0.25) is 0 Å². The van der Waals surface area contributed by atoms with Crippen molar-refractivity contribution < 1.29 is 57.7 Å². The van der Waals surface area contributed by atoms with Gasteiger partial charge in [-0.15, -0.1) is 0 Å². The summed E-state index contributed by atoms with van der Waals surface area (Å²) in [4.78, 5) is 10.2. The van der Waals surface area contributed by atoms with E-state index in [1.54, 1.807) is 0 Å². The van der Waals surface area contributed by atoms with Crippen molar-refractivity contribution in [3.8, 4) is 0 Å². The molecule has 1 heterocycles. The molecule has 0 bridgehead atoms. The van der Waals surface area contributed by atoms with E-state index in [1.807, 2.05) is 4.72 Å². The number of amides is 1. The minimum atomic E-state index is -4.12. The molecule has 1 fully saturated rings. The highest BCUT2D eigenvalue weighted by molar-refractivity contribution is 7.88. The molecule has 0 unspecified atom stereocenters. The zero-order valence-corrected chi connectivity index (χ0v) is 15.7. The van der Waals surface area contributed by atoms with Gasteiger partial charge in [-0.2, -0.15) is 13.1 Å². The van der Waals surface area contributed by atoms with Gasteiger partial charge < -0.3 is 44.5 Å². The van der Waals surface area contributed by atoms with Gasteiger partial charge in [-0.1, -0.05) is 0 Å². The number of ether oxygens (including phenoxy) is 4. The number of carboxylic acid groups (broad SMARTS) is 1. The van der Waals surface area contributed by atoms with Crippen LogP contribution in [0.4, 0.5) is 4.79 Å². The monoisotopic (exact) mass is 434 g/mol. The average Bonchev–Trinajstić information content (AvgIpc) is 2.61. The number of aliphatic hydroxyl groups is 4. The molecule has 5 atom stereocenters. The van der Waals surface area contributed by atoms with Crippen LogP contribution in [0.25, 0.3) is 0 Å². The molecule has 28 heavy (non-hydrogen) atoms. The highest BCUT2D eigenvalue weighted by Gasteiger charge is 2.43. The quantitative estimate of drug-likeness (QED) is 0.138. The van der Waals surface area contributed by atoms with Gasteiger partial charge in [0.15, 0.2) is 6.29 Å². The van der Waals surface area contributed by atoms with Crippen LogP contribution in [0, 0.1) is 0 Å². The first-order chi connectivity index (χ1) is 13.2. The molecule has 15 heteroatoms. The molecule has 1 rings (SSSR count). The van der Waals surface area contributed by atoms with Gasteiger partial charge in [0.1, 0.15) is 24.4 Å². The summed E-state index contributed by atoms with van der Waals surface area (Å²) in [6.07, 6.45) is -8.46. The maximum absolute atomic E-state index is 11.1. The smallest absolute Gasteiger partial charge is 0.419 e. The number of carbonyl (C=O) groups is 1. The predicted molar refractivity (Wildman–Crippen MR) is 89.4 cm³/mol. The molecule has 0 saturated carbocycles. The van der Waals surface area contributed by atoms with Gasteiger partial charge in [-0.05, 0) is 0 Å². The highest BCUT2D eigenvalue weighted by Crippen LogP contribution is 2.21. The summed E-state index contributed by atoms with van der Waals surface area (Å²) in [5.41, 5.74) is 0. The minimum absolute atomic E-state index is 0.00867. The van der Waals surface area contributed by atoms with E-state index >= 15 is 0 Å². The average molecular weight is 434 g/mol. The van der Waals surface area contributed by atoms with E-state index in [-0.39, 0.29) is 39.6 Å². The Balaban J connectivity index is 2.05. The molecule has 1 aliphatic rings. The lowest BCUT2D eigenvalue weighted by Gasteiger charge is -2.39. The van der Waals surface area contributed by atoms with E-state index in [1.165, 1.54) is 4.72 Å². The minimum Gasteiger partial charge on any atom is -0.464 e. The van der Waals surface area contributed by atoms with Gasteiger partial charge in [0, 0.05) is 6.54 Å². The standard InChI is InChI=1S/C13H26N2O12S/c16-7-8-9(17)10(18)11(19)12(27-8)26-6-5-25-4-3-24-2-1-14-28(22,23)15-13(20)21/h8-12,14-19H,1-7H2,(H,20,21)/t8-,9-,10+,11-,12+/m1/s1. The van der Waals surface area contributed by atoms with Crippen molar-refractivity contribution in [3.05, 3.63) is 0 Å². The number of hydrogen-bond donors (Lipinski definition) is 7. The van der Waals surface area contributed by atoms with E-state index in [0.717, 1.165) is 0 Å². The maximum atomic E-state index is 11.1. The van der Waals surface area contributed by atoms with Crippen molar-refractivity contribution >= 4 is 16.3 Å². The Labute approximate surface area is 161 Å². The molecular formula is C13H26N2O12S. The fourth-order valence-electron chi connectivity index (χ4n) is 2.15. The fourth-order valence-corrected chi connectivity index (χ4v) is 2.80. The van der Waals surface area contributed by atoms with Crippen LogP contribution in [0.3, 0.4) is 0 Å². The lowest BCUT2D eigenvalue weighted by molar-refractivity contribution is -0.302. The van der Waals surface area contributed by atoms with Crippen LogP contribution in [0.5, 0.6) is 0 Å². The molecule has 0 spiro atoms. The molecule has 0 radical (unpaired) electrons. The van der Waals surface area contributed by atoms with E-state index in [9.17, 15) is 28.5 Å². The summed E-state index contributed by atoms with van der Waals surface area (Å²) < 4.78 is 46.1. The molecule has 1 aliphatic heterocycles. The fraction of sp³-hybridized carbons (Fsp3) is 0.923. The Kier molecular flexibility index (Phi) is 11.1. The molecule has 1 saturated heterocycles. The Hall–Kier alpha value is -1.14. The third-order valence-corrected chi connectivity index (χ3v) is 4.52. The summed E-state index contributed by atoms with van der Waals surface area (Å²) >= 11 is 0. The SMILES string of the molecule is O=C(O)NS(=O)(=O)NCCOCCOCCO[C@H]1O[C@H](CO)[C@@H](O)[C@H](O)[C@H]1O. The van der Waals surface area contributed by atoms with Gasteiger partial charge >= 0.3 is 16.3 Å². The van der Waals surface area contributed by atoms with Crippen LogP contribution in [0.2, 0.25) is 0 Å². The van der Waals surface area contributed by atoms with Gasteiger partial charge in [-0.3, -0.25) is 0 Å². The first kappa shape index (κ1) is 24.9. The molecule has 1 amide bonds. The topological polar surface area (TPSA) is 213 Å². The van der Waals surface area contributed by atoms with Crippen LogP contribution in [0.15, 0.2) is 0 Å². The second-order valence-electron chi connectivity index (χ2n) is 5.60. The lowest BCUT2D eigenvalue weighted by atomic mass is 9.99. The number of aliphatic hydroxyl groups excluding tert-OH is 4. The lowest BCUT2D eigenvalue weighted by Crippen LogP contribution is -2.59. The van der Waals surface area contributed by atoms with Gasteiger partial charge in [-0.25, -0.2) is 9.52 Å². The maximum Gasteiger partial charge on any atom is 0.419 e. The Morgan fingerprint density at radius 2 is 1.57 bits per heavy atom. The van der Waals surface area contributed by atoms with Gasteiger partial charge in [0.25, 0.3) is 0 Å². The van der Waals surface area contributed by atoms with Crippen molar-refractivity contribution in [3.63, 3.8) is 0 Å². The summed E-state index contributed by atoms with van der Waals surface area (Å²) in [6, 6.07) is 0. The molecule has 14 nitrogen and oxygen atoms in total. The van der Waals surface area contributed by atoms with Crippen molar-refractivity contribution in [1.82, 2.24) is 9.44 Å². The summed E-state index contributed by atoms with van der Waals surface area (Å²) in [7, 11) is -4.12. The zero-order valence-electron chi connectivity index (χ0n) is 14.8. The van der Waals surface area contributed by atoms with Crippen molar-refractivity contribution in [1.29, 1.82) is 0 Å². The van der Waals surface area contributed by atoms with Crippen molar-refractivity contribution in [2.24, 2.45) is 0 Å². The number of hydrogen-bond acceptors (Lipinski definition) is 11. The summed E-state index contributed by atoms with van der Waals surface area (Å²) in [5, 5.41) is 46.4. The van der Waals surface area contributed by atoms with E-state index in [4.69, 9.17) is 29.2 Å². The predicted octanol–water partition coefficient (Wildman–Crippen LogP) is -4.06. The van der Waals surface area contributed by atoms with Gasteiger partial charge in [0.05, 0.1) is 39.6 Å². The second-order valence-corrected chi connectivity index (χ2v) is 7.10. The van der Waals surface area contributed by atoms with Crippen LogP contribution in [0.1, 0.15) is 0 Å². The highest BCUT2D eigenvalue weighted by atomic mass is 32.2. The molecule has 0 aromatic heterocycles. The molecule has 7 N–H and O–H groups in total. The Bertz CT molecular complexity index is 560.